The summed E-state index contributed by atoms with van der Waals surface area (Å²) in [6, 6.07) is 0. The highest BCUT2D eigenvalue weighted by Gasteiger charge is 2.23. The summed E-state index contributed by atoms with van der Waals surface area (Å²) >= 11 is 0. The Morgan fingerprint density at radius 3 is 2.83 bits per heavy atom. The number of nitrogens with zero attached hydrogens (tertiary/aromatic N) is 2. The van der Waals surface area contributed by atoms with Gasteiger partial charge in [0.1, 0.15) is 0 Å². The number of carboxylic acid groups (broad SMARTS) is 1. The number of carboxylic acids is 1. The summed E-state index contributed by atoms with van der Waals surface area (Å²) in [5, 5.41) is 8.93. The first-order valence-electron chi connectivity index (χ1n) is 6.79. The Kier molecular flexibility index (Phi) is 6.60. The molecule has 18 heavy (non-hydrogen) atoms. The third-order valence-corrected chi connectivity index (χ3v) is 3.11. The summed E-state index contributed by atoms with van der Waals surface area (Å²) in [6.45, 7) is 11.6. The van der Waals surface area contributed by atoms with Gasteiger partial charge in [0.05, 0.1) is 19.3 Å². The van der Waals surface area contributed by atoms with Crippen LogP contribution >= 0.6 is 0 Å². The van der Waals surface area contributed by atoms with E-state index >= 15 is 0 Å². The fourth-order valence-corrected chi connectivity index (χ4v) is 2.38. The second kappa shape index (κ2) is 7.71. The molecule has 0 spiro atoms. The van der Waals surface area contributed by atoms with Crippen LogP contribution in [0, 0.1) is 5.92 Å². The molecule has 0 saturated carbocycles. The van der Waals surface area contributed by atoms with E-state index in [1.165, 1.54) is 0 Å². The molecule has 0 aromatic rings. The summed E-state index contributed by atoms with van der Waals surface area (Å²) in [5.41, 5.74) is 0. The van der Waals surface area contributed by atoms with E-state index < -0.39 is 5.97 Å². The Morgan fingerprint density at radius 1 is 1.56 bits per heavy atom. The number of hydrogen-bond donors (Lipinski definition) is 1. The molecule has 0 amide bonds. The Labute approximate surface area is 110 Å². The lowest BCUT2D eigenvalue weighted by Gasteiger charge is -2.35. The molecule has 1 fully saturated rings. The van der Waals surface area contributed by atoms with E-state index in [1.54, 1.807) is 0 Å². The largest absolute Gasteiger partial charge is 0.480 e. The van der Waals surface area contributed by atoms with Crippen molar-refractivity contribution in [2.45, 2.75) is 26.9 Å². The Hall–Kier alpha value is -0.650. The molecule has 1 rings (SSSR count). The van der Waals surface area contributed by atoms with Gasteiger partial charge in [0.15, 0.2) is 0 Å². The van der Waals surface area contributed by atoms with Crippen LogP contribution in [0.15, 0.2) is 0 Å². The Balaban J connectivity index is 2.45. The fraction of sp³-hybridized carbons (Fsp3) is 0.923. The van der Waals surface area contributed by atoms with Crippen LogP contribution in [0.5, 0.6) is 0 Å². The summed E-state index contributed by atoms with van der Waals surface area (Å²) in [5.74, 6) is -0.297. The molecule has 5 heteroatoms. The van der Waals surface area contributed by atoms with Crippen molar-refractivity contribution >= 4 is 5.97 Å². The zero-order valence-electron chi connectivity index (χ0n) is 11.8. The van der Waals surface area contributed by atoms with Crippen molar-refractivity contribution in [2.75, 3.05) is 45.9 Å². The molecule has 0 aromatic carbocycles. The quantitative estimate of drug-likeness (QED) is 0.730. The zero-order chi connectivity index (χ0) is 13.5. The van der Waals surface area contributed by atoms with Gasteiger partial charge < -0.3 is 9.84 Å². The smallest absolute Gasteiger partial charge is 0.317 e. The van der Waals surface area contributed by atoms with Crippen molar-refractivity contribution in [3.8, 4) is 0 Å². The molecule has 0 aromatic heterocycles. The van der Waals surface area contributed by atoms with Crippen molar-refractivity contribution in [3.05, 3.63) is 0 Å². The molecule has 1 atom stereocenters. The molecule has 5 nitrogen and oxygen atoms in total. The van der Waals surface area contributed by atoms with Gasteiger partial charge >= 0.3 is 5.97 Å². The minimum absolute atomic E-state index is 0.101. The van der Waals surface area contributed by atoms with Gasteiger partial charge in [0, 0.05) is 26.2 Å². The van der Waals surface area contributed by atoms with Crippen LogP contribution in [0.1, 0.15) is 20.8 Å². The minimum Gasteiger partial charge on any atom is -0.480 e. The molecular formula is C13H26N2O3. The van der Waals surface area contributed by atoms with Crippen LogP contribution in [-0.2, 0) is 9.53 Å². The number of morpholine rings is 1. The van der Waals surface area contributed by atoms with Gasteiger partial charge in [0.25, 0.3) is 0 Å². The molecule has 1 N–H and O–H groups in total. The van der Waals surface area contributed by atoms with E-state index in [0.717, 1.165) is 32.8 Å². The van der Waals surface area contributed by atoms with Crippen LogP contribution in [0.25, 0.3) is 0 Å². The van der Waals surface area contributed by atoms with Gasteiger partial charge in [-0.3, -0.25) is 14.6 Å². The van der Waals surface area contributed by atoms with E-state index in [1.807, 2.05) is 4.90 Å². The summed E-state index contributed by atoms with van der Waals surface area (Å²) in [6.07, 6.45) is 0.136. The van der Waals surface area contributed by atoms with Gasteiger partial charge in [-0.2, -0.15) is 0 Å². The van der Waals surface area contributed by atoms with Crippen LogP contribution in [0.3, 0.4) is 0 Å². The zero-order valence-corrected chi connectivity index (χ0v) is 11.8. The molecule has 1 saturated heterocycles. The SMILES string of the molecule is CCN1CCOC(CN(CC(=O)O)CC(C)C)C1. The minimum atomic E-state index is -0.765. The average Bonchev–Trinajstić information content (AvgIpc) is 2.27. The molecule has 0 radical (unpaired) electrons. The normalized spacial score (nSPS) is 21.7. The van der Waals surface area contributed by atoms with E-state index in [9.17, 15) is 4.79 Å². The predicted molar refractivity (Wildman–Crippen MR) is 70.8 cm³/mol. The average molecular weight is 258 g/mol. The maximum atomic E-state index is 10.9. The Bertz CT molecular complexity index is 259. The molecule has 1 unspecified atom stereocenters. The lowest BCUT2D eigenvalue weighted by atomic mass is 10.2. The van der Waals surface area contributed by atoms with E-state index in [-0.39, 0.29) is 12.6 Å². The van der Waals surface area contributed by atoms with Crippen molar-refractivity contribution in [1.82, 2.24) is 9.80 Å². The molecule has 0 aliphatic carbocycles. The maximum Gasteiger partial charge on any atom is 0.317 e. The highest BCUT2D eigenvalue weighted by Crippen LogP contribution is 2.08. The van der Waals surface area contributed by atoms with Crippen molar-refractivity contribution in [3.63, 3.8) is 0 Å². The summed E-state index contributed by atoms with van der Waals surface area (Å²) in [7, 11) is 0. The fourth-order valence-electron chi connectivity index (χ4n) is 2.38. The number of aliphatic carboxylic acids is 1. The first-order chi connectivity index (χ1) is 8.51. The standard InChI is InChI=1S/C13H26N2O3/c1-4-14-5-6-18-12(8-14)9-15(7-11(2)3)10-13(16)17/h11-12H,4-10H2,1-3H3,(H,16,17). The maximum absolute atomic E-state index is 10.9. The van der Waals surface area contributed by atoms with Gasteiger partial charge in [-0.05, 0) is 12.5 Å². The third-order valence-electron chi connectivity index (χ3n) is 3.11. The second-order valence-electron chi connectivity index (χ2n) is 5.37. The summed E-state index contributed by atoms with van der Waals surface area (Å²) < 4.78 is 5.73. The molecule has 1 aliphatic rings. The number of hydrogen-bond acceptors (Lipinski definition) is 4. The third kappa shape index (κ3) is 5.80. The number of carbonyl (C=O) groups is 1. The Morgan fingerprint density at radius 2 is 2.28 bits per heavy atom. The van der Waals surface area contributed by atoms with E-state index in [0.29, 0.717) is 12.5 Å². The van der Waals surface area contributed by atoms with Gasteiger partial charge in [-0.25, -0.2) is 0 Å². The molecule has 0 bridgehead atoms. The number of rotatable bonds is 7. The monoisotopic (exact) mass is 258 g/mol. The van der Waals surface area contributed by atoms with Crippen LogP contribution in [-0.4, -0.2) is 72.9 Å². The first-order valence-corrected chi connectivity index (χ1v) is 6.79. The number of likely N-dealkylation sites (N-methyl/N-ethyl adjacent to an activating group) is 1. The lowest BCUT2D eigenvalue weighted by molar-refractivity contribution is -0.139. The van der Waals surface area contributed by atoms with E-state index in [2.05, 4.69) is 25.7 Å². The molecule has 1 heterocycles. The van der Waals surface area contributed by atoms with Crippen molar-refractivity contribution < 1.29 is 14.6 Å². The predicted octanol–water partition coefficient (Wildman–Crippen LogP) is 0.750. The van der Waals surface area contributed by atoms with Gasteiger partial charge in [-0.15, -0.1) is 0 Å². The molecule has 1 aliphatic heterocycles. The van der Waals surface area contributed by atoms with Crippen molar-refractivity contribution in [1.29, 1.82) is 0 Å². The van der Waals surface area contributed by atoms with Crippen molar-refractivity contribution in [2.24, 2.45) is 5.92 Å². The van der Waals surface area contributed by atoms with Gasteiger partial charge in [-0.1, -0.05) is 20.8 Å². The highest BCUT2D eigenvalue weighted by molar-refractivity contribution is 5.69. The first kappa shape index (κ1) is 15.4. The van der Waals surface area contributed by atoms with Crippen LogP contribution in [0.4, 0.5) is 0 Å². The molecule has 106 valence electrons. The van der Waals surface area contributed by atoms with Gasteiger partial charge in [0.2, 0.25) is 0 Å². The molecular weight excluding hydrogens is 232 g/mol. The lowest BCUT2D eigenvalue weighted by Crippen LogP contribution is -2.48. The summed E-state index contributed by atoms with van der Waals surface area (Å²) in [4.78, 5) is 15.2. The van der Waals surface area contributed by atoms with E-state index in [4.69, 9.17) is 9.84 Å². The highest BCUT2D eigenvalue weighted by atomic mass is 16.5. The van der Waals surface area contributed by atoms with Crippen LogP contribution < -0.4 is 0 Å². The van der Waals surface area contributed by atoms with Crippen LogP contribution in [0.2, 0.25) is 0 Å². The number of ether oxygens (including phenoxy) is 1. The topological polar surface area (TPSA) is 53.0 Å². The second-order valence-corrected chi connectivity index (χ2v) is 5.37.